The number of hydrazine groups is 1. The van der Waals surface area contributed by atoms with Crippen LogP contribution in [-0.4, -0.2) is 14.8 Å². The number of hydrogen-bond donors (Lipinski definition) is 2. The van der Waals surface area contributed by atoms with E-state index < -0.39 is 0 Å². The standard InChI is InChI=1S/C7H9N5S/c1-12-6(5-3-2-4-13-5)10-11-7(12)9-8/h2-4H,8H2,1H3,(H,9,11). The Kier molecular flexibility index (Phi) is 1.99. The largest absolute Gasteiger partial charge is 0.295 e. The summed E-state index contributed by atoms with van der Waals surface area (Å²) in [4.78, 5) is 1.08. The van der Waals surface area contributed by atoms with Crippen molar-refractivity contribution in [2.75, 3.05) is 5.43 Å². The molecule has 0 fully saturated rings. The molecule has 68 valence electrons. The molecule has 0 atom stereocenters. The van der Waals surface area contributed by atoms with Gasteiger partial charge < -0.3 is 0 Å². The van der Waals surface area contributed by atoms with Gasteiger partial charge in [0.1, 0.15) is 0 Å². The van der Waals surface area contributed by atoms with Crippen molar-refractivity contribution in [1.82, 2.24) is 14.8 Å². The van der Waals surface area contributed by atoms with Gasteiger partial charge >= 0.3 is 0 Å². The Labute approximate surface area is 79.2 Å². The Bertz CT molecular complexity index is 391. The Hall–Kier alpha value is -1.40. The lowest BCUT2D eigenvalue weighted by atomic mass is 10.4. The summed E-state index contributed by atoms with van der Waals surface area (Å²) in [7, 11) is 1.87. The SMILES string of the molecule is Cn1c(NN)nnc1-c1cccs1. The van der Waals surface area contributed by atoms with Crippen LogP contribution in [0.4, 0.5) is 5.95 Å². The van der Waals surface area contributed by atoms with Crippen LogP contribution in [0.2, 0.25) is 0 Å². The highest BCUT2D eigenvalue weighted by Crippen LogP contribution is 2.23. The number of nitrogens with two attached hydrogens (primary N) is 1. The molecule has 0 unspecified atom stereocenters. The maximum Gasteiger partial charge on any atom is 0.238 e. The van der Waals surface area contributed by atoms with E-state index in [-0.39, 0.29) is 0 Å². The van der Waals surface area contributed by atoms with Crippen molar-refractivity contribution in [2.45, 2.75) is 0 Å². The van der Waals surface area contributed by atoms with Crippen molar-refractivity contribution in [3.05, 3.63) is 17.5 Å². The first-order chi connectivity index (χ1) is 6.33. The molecule has 2 rings (SSSR count). The monoisotopic (exact) mass is 195 g/mol. The Morgan fingerprint density at radius 1 is 1.54 bits per heavy atom. The molecule has 5 nitrogen and oxygen atoms in total. The summed E-state index contributed by atoms with van der Waals surface area (Å²) in [6.07, 6.45) is 0. The number of rotatable bonds is 2. The number of nitrogens with one attached hydrogen (secondary N) is 1. The Morgan fingerprint density at radius 3 is 2.92 bits per heavy atom. The highest BCUT2D eigenvalue weighted by molar-refractivity contribution is 7.13. The van der Waals surface area contributed by atoms with Crippen molar-refractivity contribution in [3.8, 4) is 10.7 Å². The second-order valence-corrected chi connectivity index (χ2v) is 3.48. The van der Waals surface area contributed by atoms with Crippen LogP contribution in [0.3, 0.4) is 0 Å². The van der Waals surface area contributed by atoms with Crippen LogP contribution in [0.15, 0.2) is 17.5 Å². The first kappa shape index (κ1) is 8.21. The van der Waals surface area contributed by atoms with Crippen molar-refractivity contribution in [2.24, 2.45) is 12.9 Å². The first-order valence-electron chi connectivity index (χ1n) is 3.73. The lowest BCUT2D eigenvalue weighted by molar-refractivity contribution is 0.919. The van der Waals surface area contributed by atoms with E-state index in [9.17, 15) is 0 Å². The summed E-state index contributed by atoms with van der Waals surface area (Å²) in [5, 5.41) is 9.88. The average Bonchev–Trinajstić information content (AvgIpc) is 2.72. The van der Waals surface area contributed by atoms with E-state index >= 15 is 0 Å². The first-order valence-corrected chi connectivity index (χ1v) is 4.61. The molecule has 0 aromatic carbocycles. The number of aromatic nitrogens is 3. The molecule has 2 heterocycles. The van der Waals surface area contributed by atoms with E-state index in [0.717, 1.165) is 10.7 Å². The van der Waals surface area contributed by atoms with Crippen LogP contribution in [0.5, 0.6) is 0 Å². The van der Waals surface area contributed by atoms with Gasteiger partial charge in [-0.05, 0) is 11.4 Å². The van der Waals surface area contributed by atoms with Gasteiger partial charge in [0, 0.05) is 7.05 Å². The Balaban J connectivity index is 2.48. The fourth-order valence-corrected chi connectivity index (χ4v) is 1.82. The molecule has 6 heteroatoms. The molecule has 0 spiro atoms. The molecular weight excluding hydrogens is 186 g/mol. The zero-order chi connectivity index (χ0) is 9.26. The van der Waals surface area contributed by atoms with Crippen LogP contribution < -0.4 is 11.3 Å². The van der Waals surface area contributed by atoms with Crippen molar-refractivity contribution in [3.63, 3.8) is 0 Å². The molecule has 13 heavy (non-hydrogen) atoms. The number of thiophene rings is 1. The van der Waals surface area contributed by atoms with Crippen LogP contribution in [-0.2, 0) is 7.05 Å². The summed E-state index contributed by atoms with van der Waals surface area (Å²) < 4.78 is 1.81. The number of nitrogens with zero attached hydrogens (tertiary/aromatic N) is 3. The predicted molar refractivity (Wildman–Crippen MR) is 52.1 cm³/mol. The van der Waals surface area contributed by atoms with E-state index in [1.165, 1.54) is 0 Å². The van der Waals surface area contributed by atoms with E-state index in [0.29, 0.717) is 5.95 Å². The fraction of sp³-hybridized carbons (Fsp3) is 0.143. The van der Waals surface area contributed by atoms with Gasteiger partial charge in [-0.2, -0.15) is 0 Å². The molecule has 2 aromatic rings. The van der Waals surface area contributed by atoms with Gasteiger partial charge in [0.25, 0.3) is 0 Å². The van der Waals surface area contributed by atoms with E-state index in [2.05, 4.69) is 15.6 Å². The zero-order valence-corrected chi connectivity index (χ0v) is 7.88. The third-order valence-electron chi connectivity index (χ3n) is 1.75. The molecule has 0 aliphatic heterocycles. The van der Waals surface area contributed by atoms with E-state index in [1.54, 1.807) is 11.3 Å². The third-order valence-corrected chi connectivity index (χ3v) is 2.61. The molecule has 0 saturated carbocycles. The quantitative estimate of drug-likeness (QED) is 0.550. The lowest BCUT2D eigenvalue weighted by Crippen LogP contribution is -2.11. The van der Waals surface area contributed by atoms with Gasteiger partial charge in [-0.1, -0.05) is 6.07 Å². The maximum absolute atomic E-state index is 5.25. The highest BCUT2D eigenvalue weighted by Gasteiger charge is 2.09. The molecular formula is C7H9N5S. The van der Waals surface area contributed by atoms with Crippen LogP contribution in [0.1, 0.15) is 0 Å². The second kappa shape index (κ2) is 3.15. The van der Waals surface area contributed by atoms with E-state index in [1.807, 2.05) is 29.1 Å². The molecule has 3 N–H and O–H groups in total. The second-order valence-electron chi connectivity index (χ2n) is 2.53. The zero-order valence-electron chi connectivity index (χ0n) is 7.06. The van der Waals surface area contributed by atoms with Gasteiger partial charge in [-0.3, -0.25) is 9.99 Å². The Morgan fingerprint density at radius 2 is 2.38 bits per heavy atom. The summed E-state index contributed by atoms with van der Waals surface area (Å²) >= 11 is 1.62. The van der Waals surface area contributed by atoms with E-state index in [4.69, 9.17) is 5.84 Å². The fourth-order valence-electron chi connectivity index (χ4n) is 1.08. The average molecular weight is 195 g/mol. The minimum Gasteiger partial charge on any atom is -0.295 e. The molecule has 2 aromatic heterocycles. The van der Waals surface area contributed by atoms with Crippen molar-refractivity contribution >= 4 is 17.3 Å². The van der Waals surface area contributed by atoms with Gasteiger partial charge in [0.05, 0.1) is 4.88 Å². The van der Waals surface area contributed by atoms with Gasteiger partial charge in [-0.25, -0.2) is 5.84 Å². The predicted octanol–water partition coefficient (Wildman–Crippen LogP) is 0.829. The van der Waals surface area contributed by atoms with Gasteiger partial charge in [0.15, 0.2) is 5.82 Å². The molecule has 0 aliphatic rings. The molecule has 0 saturated heterocycles. The van der Waals surface area contributed by atoms with Crippen LogP contribution >= 0.6 is 11.3 Å². The summed E-state index contributed by atoms with van der Waals surface area (Å²) in [6, 6.07) is 3.97. The van der Waals surface area contributed by atoms with Gasteiger partial charge in [0.2, 0.25) is 5.95 Å². The molecule has 0 amide bonds. The maximum atomic E-state index is 5.25. The lowest BCUT2D eigenvalue weighted by Gasteiger charge is -1.99. The minimum absolute atomic E-state index is 0.559. The van der Waals surface area contributed by atoms with Gasteiger partial charge in [-0.15, -0.1) is 21.5 Å². The summed E-state index contributed by atoms with van der Waals surface area (Å²) in [6.45, 7) is 0. The van der Waals surface area contributed by atoms with Crippen molar-refractivity contribution < 1.29 is 0 Å². The molecule has 0 bridgehead atoms. The van der Waals surface area contributed by atoms with Crippen LogP contribution in [0.25, 0.3) is 10.7 Å². The molecule has 0 aliphatic carbocycles. The van der Waals surface area contributed by atoms with Crippen LogP contribution in [0, 0.1) is 0 Å². The number of nitrogen functional groups attached to an aromatic ring is 1. The smallest absolute Gasteiger partial charge is 0.238 e. The number of hydrogen-bond acceptors (Lipinski definition) is 5. The van der Waals surface area contributed by atoms with Crippen molar-refractivity contribution in [1.29, 1.82) is 0 Å². The minimum atomic E-state index is 0.559. The molecule has 0 radical (unpaired) electrons. The third kappa shape index (κ3) is 1.30. The normalized spacial score (nSPS) is 10.3. The highest BCUT2D eigenvalue weighted by atomic mass is 32.1. The topological polar surface area (TPSA) is 68.8 Å². The summed E-state index contributed by atoms with van der Waals surface area (Å²) in [5.74, 6) is 6.63. The summed E-state index contributed by atoms with van der Waals surface area (Å²) in [5.41, 5.74) is 2.47. The number of anilines is 1.